The zero-order valence-electron chi connectivity index (χ0n) is 11.5. The van der Waals surface area contributed by atoms with Crippen molar-refractivity contribution in [1.82, 2.24) is 0 Å². The summed E-state index contributed by atoms with van der Waals surface area (Å²) in [5.41, 5.74) is 0.829. The molecule has 0 fully saturated rings. The number of carbonyl (C=O) groups excluding carboxylic acids is 1. The van der Waals surface area contributed by atoms with Gasteiger partial charge < -0.3 is 5.32 Å². The second-order valence-corrected chi connectivity index (χ2v) is 5.76. The Hall–Kier alpha value is -1.88. The number of hydrogen-bond donors (Lipinski definition) is 1. The average Bonchev–Trinajstić information content (AvgIpc) is 2.44. The molecule has 21 heavy (non-hydrogen) atoms. The predicted octanol–water partition coefficient (Wildman–Crippen LogP) is 4.26. The average molecular weight is 307 g/mol. The van der Waals surface area contributed by atoms with Crippen LogP contribution in [0.3, 0.4) is 0 Å². The van der Waals surface area contributed by atoms with Crippen molar-refractivity contribution in [2.75, 3.05) is 11.1 Å². The van der Waals surface area contributed by atoms with Crippen molar-refractivity contribution in [3.63, 3.8) is 0 Å². The maximum atomic E-state index is 13.4. The van der Waals surface area contributed by atoms with Gasteiger partial charge >= 0.3 is 0 Å². The van der Waals surface area contributed by atoms with E-state index in [1.54, 1.807) is 11.8 Å². The molecule has 0 spiro atoms. The third-order valence-corrected chi connectivity index (χ3v) is 3.70. The summed E-state index contributed by atoms with van der Waals surface area (Å²) in [4.78, 5) is 13.0. The second-order valence-electron chi connectivity index (χ2n) is 4.43. The number of anilines is 1. The monoisotopic (exact) mass is 307 g/mol. The first-order valence-electron chi connectivity index (χ1n) is 6.55. The second kappa shape index (κ2) is 7.22. The van der Waals surface area contributed by atoms with Gasteiger partial charge in [-0.2, -0.15) is 0 Å². The van der Waals surface area contributed by atoms with Crippen LogP contribution in [-0.4, -0.2) is 11.7 Å². The molecule has 1 amide bonds. The molecule has 0 saturated carbocycles. The number of amides is 1. The Morgan fingerprint density at radius 1 is 1.14 bits per heavy atom. The minimum Gasteiger partial charge on any atom is -0.323 e. The van der Waals surface area contributed by atoms with E-state index < -0.39 is 11.6 Å². The van der Waals surface area contributed by atoms with Crippen molar-refractivity contribution in [3.8, 4) is 0 Å². The van der Waals surface area contributed by atoms with E-state index >= 15 is 0 Å². The zero-order chi connectivity index (χ0) is 15.2. The Morgan fingerprint density at radius 2 is 1.86 bits per heavy atom. The van der Waals surface area contributed by atoms with Crippen molar-refractivity contribution in [1.29, 1.82) is 0 Å². The number of benzene rings is 2. The van der Waals surface area contributed by atoms with Crippen molar-refractivity contribution in [3.05, 3.63) is 59.7 Å². The van der Waals surface area contributed by atoms with Crippen LogP contribution in [0.4, 0.5) is 14.5 Å². The third-order valence-electron chi connectivity index (χ3n) is 2.80. The zero-order valence-corrected chi connectivity index (χ0v) is 12.3. The number of halogens is 2. The lowest BCUT2D eigenvalue weighted by molar-refractivity contribution is -0.115. The Morgan fingerprint density at radius 3 is 2.48 bits per heavy atom. The van der Waals surface area contributed by atoms with Gasteiger partial charge in [0.1, 0.15) is 11.6 Å². The van der Waals surface area contributed by atoms with Gasteiger partial charge in [-0.1, -0.05) is 19.1 Å². The van der Waals surface area contributed by atoms with Gasteiger partial charge in [0.05, 0.1) is 12.1 Å². The Labute approximate surface area is 126 Å². The summed E-state index contributed by atoms with van der Waals surface area (Å²) in [6.45, 7) is 2.07. The molecule has 0 aromatic heterocycles. The molecule has 0 heterocycles. The van der Waals surface area contributed by atoms with Gasteiger partial charge in [-0.05, 0) is 35.6 Å². The van der Waals surface area contributed by atoms with Gasteiger partial charge in [0.25, 0.3) is 0 Å². The molecular weight excluding hydrogens is 292 g/mol. The standard InChI is InChI=1S/C16H15F2NOS/c1-2-21-13-6-3-11(4-7-13)9-16(20)19-15-8-5-12(17)10-14(15)18/h3-8,10H,2,9H2,1H3,(H,19,20). The summed E-state index contributed by atoms with van der Waals surface area (Å²) in [7, 11) is 0. The van der Waals surface area contributed by atoms with E-state index in [1.807, 2.05) is 24.3 Å². The summed E-state index contributed by atoms with van der Waals surface area (Å²) in [6, 6.07) is 10.7. The molecule has 2 rings (SSSR count). The lowest BCUT2D eigenvalue weighted by Gasteiger charge is -2.07. The normalized spacial score (nSPS) is 10.4. The van der Waals surface area contributed by atoms with Gasteiger partial charge in [0.15, 0.2) is 0 Å². The van der Waals surface area contributed by atoms with E-state index in [4.69, 9.17) is 0 Å². The Bertz CT molecular complexity index is 629. The quantitative estimate of drug-likeness (QED) is 0.836. The fraction of sp³-hybridized carbons (Fsp3) is 0.188. The Balaban J connectivity index is 1.98. The van der Waals surface area contributed by atoms with E-state index in [-0.39, 0.29) is 18.0 Å². The molecule has 5 heteroatoms. The summed E-state index contributed by atoms with van der Waals surface area (Å²) in [5.74, 6) is -0.798. The van der Waals surface area contributed by atoms with Gasteiger partial charge in [-0.25, -0.2) is 8.78 Å². The van der Waals surface area contributed by atoms with Crippen molar-refractivity contribution in [2.45, 2.75) is 18.2 Å². The van der Waals surface area contributed by atoms with Crippen LogP contribution in [-0.2, 0) is 11.2 Å². The number of nitrogens with one attached hydrogen (secondary N) is 1. The van der Waals surface area contributed by atoms with E-state index in [2.05, 4.69) is 12.2 Å². The van der Waals surface area contributed by atoms with Crippen LogP contribution in [0.2, 0.25) is 0 Å². The molecule has 0 aliphatic carbocycles. The van der Waals surface area contributed by atoms with E-state index in [0.29, 0.717) is 0 Å². The highest BCUT2D eigenvalue weighted by Gasteiger charge is 2.08. The fourth-order valence-corrected chi connectivity index (χ4v) is 2.50. The largest absolute Gasteiger partial charge is 0.323 e. The SMILES string of the molecule is CCSc1ccc(CC(=O)Nc2ccc(F)cc2F)cc1. The minimum atomic E-state index is -0.780. The first kappa shape index (κ1) is 15.5. The molecule has 0 radical (unpaired) electrons. The first-order valence-corrected chi connectivity index (χ1v) is 7.53. The van der Waals surface area contributed by atoms with E-state index in [0.717, 1.165) is 28.3 Å². The Kier molecular flexibility index (Phi) is 5.33. The summed E-state index contributed by atoms with van der Waals surface area (Å²) in [5, 5.41) is 2.44. The minimum absolute atomic E-state index is 0.0143. The lowest BCUT2D eigenvalue weighted by Crippen LogP contribution is -2.15. The molecule has 0 atom stereocenters. The van der Waals surface area contributed by atoms with Crippen LogP contribution in [0.25, 0.3) is 0 Å². The van der Waals surface area contributed by atoms with Gasteiger partial charge in [0, 0.05) is 11.0 Å². The summed E-state index contributed by atoms with van der Waals surface area (Å²) >= 11 is 1.72. The van der Waals surface area contributed by atoms with E-state index in [9.17, 15) is 13.6 Å². The molecule has 0 aliphatic rings. The maximum absolute atomic E-state index is 13.4. The first-order chi connectivity index (χ1) is 10.1. The van der Waals surface area contributed by atoms with Crippen molar-refractivity contribution < 1.29 is 13.6 Å². The highest BCUT2D eigenvalue weighted by atomic mass is 32.2. The van der Waals surface area contributed by atoms with E-state index in [1.165, 1.54) is 6.07 Å². The topological polar surface area (TPSA) is 29.1 Å². The molecule has 0 saturated heterocycles. The van der Waals surface area contributed by atoms with Gasteiger partial charge in [-0.15, -0.1) is 11.8 Å². The highest BCUT2D eigenvalue weighted by molar-refractivity contribution is 7.99. The van der Waals surface area contributed by atoms with Crippen LogP contribution in [0, 0.1) is 11.6 Å². The lowest BCUT2D eigenvalue weighted by atomic mass is 10.1. The number of rotatable bonds is 5. The molecule has 2 nitrogen and oxygen atoms in total. The molecule has 0 bridgehead atoms. The number of hydrogen-bond acceptors (Lipinski definition) is 2. The summed E-state index contributed by atoms with van der Waals surface area (Å²) in [6.07, 6.45) is 0.147. The van der Waals surface area contributed by atoms with Gasteiger partial charge in [0.2, 0.25) is 5.91 Å². The van der Waals surface area contributed by atoms with Crippen molar-refractivity contribution in [2.24, 2.45) is 0 Å². The third kappa shape index (κ3) is 4.56. The van der Waals surface area contributed by atoms with Crippen LogP contribution in [0.1, 0.15) is 12.5 Å². The van der Waals surface area contributed by atoms with Gasteiger partial charge in [-0.3, -0.25) is 4.79 Å². The van der Waals surface area contributed by atoms with Crippen LogP contribution in [0.15, 0.2) is 47.4 Å². The molecule has 0 aliphatic heterocycles. The molecule has 2 aromatic rings. The molecular formula is C16H15F2NOS. The van der Waals surface area contributed by atoms with Crippen molar-refractivity contribution >= 4 is 23.4 Å². The molecule has 2 aromatic carbocycles. The smallest absolute Gasteiger partial charge is 0.228 e. The maximum Gasteiger partial charge on any atom is 0.228 e. The summed E-state index contributed by atoms with van der Waals surface area (Å²) < 4.78 is 26.2. The molecule has 1 N–H and O–H groups in total. The molecule has 0 unspecified atom stereocenters. The highest BCUT2D eigenvalue weighted by Crippen LogP contribution is 2.19. The number of carbonyl (C=O) groups is 1. The fourth-order valence-electron chi connectivity index (χ4n) is 1.84. The van der Waals surface area contributed by atoms with Crippen LogP contribution in [0.5, 0.6) is 0 Å². The number of thioether (sulfide) groups is 1. The molecule has 110 valence electrons. The predicted molar refractivity (Wildman–Crippen MR) is 81.5 cm³/mol. The van der Waals surface area contributed by atoms with Crippen LogP contribution >= 0.6 is 11.8 Å². The van der Waals surface area contributed by atoms with Crippen LogP contribution < -0.4 is 5.32 Å².